The number of ether oxygens (including phenoxy) is 2. The van der Waals surface area contributed by atoms with Crippen LogP contribution < -0.4 is 20.1 Å². The lowest BCUT2D eigenvalue weighted by Crippen LogP contribution is -2.26. The first kappa shape index (κ1) is 21.9. The van der Waals surface area contributed by atoms with Crippen LogP contribution in [-0.2, 0) is 0 Å². The summed E-state index contributed by atoms with van der Waals surface area (Å²) in [4.78, 5) is 43.6. The Kier molecular flexibility index (Phi) is 6.29. The maximum absolute atomic E-state index is 12.8. The number of carbonyl (C=O) groups excluding carboxylic acids is 2. The fourth-order valence-corrected chi connectivity index (χ4v) is 3.09. The molecule has 0 aliphatic heterocycles. The van der Waals surface area contributed by atoms with E-state index >= 15 is 0 Å². The Balaban J connectivity index is 1.60. The van der Waals surface area contributed by atoms with Gasteiger partial charge >= 0.3 is 6.09 Å². The number of aromatic nitrogens is 4. The topological polar surface area (TPSA) is 131 Å². The van der Waals surface area contributed by atoms with Crippen molar-refractivity contribution in [3.05, 3.63) is 54.4 Å². The van der Waals surface area contributed by atoms with Crippen molar-refractivity contribution >= 4 is 29.2 Å². The third kappa shape index (κ3) is 5.14. The fraction of sp³-hybridized carbons (Fsp3) is 0.273. The van der Waals surface area contributed by atoms with E-state index in [-0.39, 0.29) is 28.9 Å². The average Bonchev–Trinajstić information content (AvgIpc) is 3.65. The average molecular weight is 449 g/mol. The molecular weight excluding hydrogens is 426 g/mol. The largest absolute Gasteiger partial charge is 0.496 e. The minimum atomic E-state index is -0.828. The summed E-state index contributed by atoms with van der Waals surface area (Å²) in [6.07, 6.45) is 7.37. The van der Waals surface area contributed by atoms with E-state index in [1.807, 2.05) is 0 Å². The van der Waals surface area contributed by atoms with Crippen LogP contribution in [-0.4, -0.2) is 58.0 Å². The van der Waals surface area contributed by atoms with E-state index in [1.165, 1.54) is 18.3 Å². The van der Waals surface area contributed by atoms with Crippen LogP contribution in [0.3, 0.4) is 0 Å². The van der Waals surface area contributed by atoms with E-state index in [0.29, 0.717) is 17.4 Å². The van der Waals surface area contributed by atoms with Crippen molar-refractivity contribution in [1.82, 2.24) is 24.8 Å². The van der Waals surface area contributed by atoms with Crippen molar-refractivity contribution in [2.45, 2.75) is 18.8 Å². The Morgan fingerprint density at radius 2 is 1.88 bits per heavy atom. The fourth-order valence-electron chi connectivity index (χ4n) is 3.09. The molecule has 1 aromatic carbocycles. The lowest BCUT2D eigenvalue weighted by Gasteiger charge is -2.17. The Labute approximate surface area is 190 Å². The third-order valence-electron chi connectivity index (χ3n) is 4.87. The van der Waals surface area contributed by atoms with Gasteiger partial charge in [-0.1, -0.05) is 6.07 Å². The van der Waals surface area contributed by atoms with Crippen molar-refractivity contribution in [2.75, 3.05) is 31.8 Å². The summed E-state index contributed by atoms with van der Waals surface area (Å²) < 4.78 is 10.8. The second-order valence-electron chi connectivity index (χ2n) is 7.57. The highest BCUT2D eigenvalue weighted by atomic mass is 16.6. The molecule has 0 spiro atoms. The zero-order valence-electron chi connectivity index (χ0n) is 18.4. The molecule has 0 atom stereocenters. The van der Waals surface area contributed by atoms with Crippen LogP contribution in [0.4, 0.5) is 22.0 Å². The number of nitrogens with one attached hydrogen (secondary N) is 2. The molecular formula is C22H23N7O4. The molecule has 2 heterocycles. The summed E-state index contributed by atoms with van der Waals surface area (Å²) in [5.41, 5.74) is 1.76. The molecule has 11 nitrogen and oxygen atoms in total. The van der Waals surface area contributed by atoms with Crippen molar-refractivity contribution in [1.29, 1.82) is 0 Å². The van der Waals surface area contributed by atoms with Crippen molar-refractivity contribution < 1.29 is 19.1 Å². The van der Waals surface area contributed by atoms with Crippen LogP contribution >= 0.6 is 0 Å². The first-order chi connectivity index (χ1) is 16.0. The van der Waals surface area contributed by atoms with Gasteiger partial charge in [0.1, 0.15) is 17.6 Å². The number of anilines is 3. The van der Waals surface area contributed by atoms with Gasteiger partial charge in [-0.15, -0.1) is 0 Å². The van der Waals surface area contributed by atoms with Crippen LogP contribution in [0, 0.1) is 0 Å². The Bertz CT molecular complexity index is 1170. The SMILES string of the molecule is COc1cccc(NC(=O)Oc2nc(C3CC3)cnc2Nc2cncnc2)c1C(=O)N(C)C. The molecule has 11 heteroatoms. The van der Waals surface area contributed by atoms with Gasteiger partial charge in [0.15, 0.2) is 5.82 Å². The molecule has 170 valence electrons. The number of carbonyl (C=O) groups is 2. The Hall–Kier alpha value is -4.28. The quantitative estimate of drug-likeness (QED) is 0.558. The minimum Gasteiger partial charge on any atom is -0.496 e. The maximum Gasteiger partial charge on any atom is 0.418 e. The van der Waals surface area contributed by atoms with Crippen LogP contribution in [0.2, 0.25) is 0 Å². The number of benzene rings is 1. The molecule has 2 aromatic heterocycles. The number of hydrogen-bond acceptors (Lipinski definition) is 9. The molecule has 0 bridgehead atoms. The van der Waals surface area contributed by atoms with E-state index in [9.17, 15) is 9.59 Å². The van der Waals surface area contributed by atoms with E-state index in [4.69, 9.17) is 9.47 Å². The van der Waals surface area contributed by atoms with Gasteiger partial charge < -0.3 is 19.7 Å². The number of methoxy groups -OCH3 is 1. The highest BCUT2D eigenvalue weighted by molar-refractivity contribution is 6.05. The van der Waals surface area contributed by atoms with Gasteiger partial charge in [0.25, 0.3) is 11.8 Å². The maximum atomic E-state index is 12.8. The molecule has 1 saturated carbocycles. The van der Waals surface area contributed by atoms with Crippen LogP contribution in [0.5, 0.6) is 11.6 Å². The molecule has 0 saturated heterocycles. The van der Waals surface area contributed by atoms with E-state index < -0.39 is 6.09 Å². The van der Waals surface area contributed by atoms with Crippen LogP contribution in [0.15, 0.2) is 43.1 Å². The summed E-state index contributed by atoms with van der Waals surface area (Å²) in [6, 6.07) is 4.89. The molecule has 33 heavy (non-hydrogen) atoms. The van der Waals surface area contributed by atoms with Gasteiger partial charge in [0.2, 0.25) is 0 Å². The smallest absolute Gasteiger partial charge is 0.418 e. The van der Waals surface area contributed by atoms with Gasteiger partial charge in [-0.3, -0.25) is 10.1 Å². The number of rotatable bonds is 7. The molecule has 1 fully saturated rings. The van der Waals surface area contributed by atoms with Gasteiger partial charge in [0.05, 0.1) is 42.8 Å². The molecule has 1 aliphatic carbocycles. The number of nitrogens with zero attached hydrogens (tertiary/aromatic N) is 5. The number of hydrogen-bond donors (Lipinski definition) is 2. The zero-order chi connectivity index (χ0) is 23.4. The molecule has 2 N–H and O–H groups in total. The van der Waals surface area contributed by atoms with Gasteiger partial charge in [-0.05, 0) is 25.0 Å². The third-order valence-corrected chi connectivity index (χ3v) is 4.87. The highest BCUT2D eigenvalue weighted by Gasteiger charge is 2.28. The normalized spacial score (nSPS) is 12.6. The lowest BCUT2D eigenvalue weighted by molar-refractivity contribution is 0.0825. The molecule has 3 aromatic rings. The van der Waals surface area contributed by atoms with Gasteiger partial charge in [-0.25, -0.2) is 24.7 Å². The Morgan fingerprint density at radius 1 is 1.12 bits per heavy atom. The summed E-state index contributed by atoms with van der Waals surface area (Å²) in [5, 5.41) is 5.62. The minimum absolute atomic E-state index is 0.00383. The van der Waals surface area contributed by atoms with Gasteiger partial charge in [0, 0.05) is 20.0 Å². The van der Waals surface area contributed by atoms with E-state index in [0.717, 1.165) is 18.5 Å². The van der Waals surface area contributed by atoms with Crippen molar-refractivity contribution in [3.8, 4) is 11.6 Å². The molecule has 0 radical (unpaired) electrons. The van der Waals surface area contributed by atoms with Crippen molar-refractivity contribution in [3.63, 3.8) is 0 Å². The molecule has 2 amide bonds. The molecule has 0 unspecified atom stereocenters. The zero-order valence-corrected chi connectivity index (χ0v) is 18.4. The summed E-state index contributed by atoms with van der Waals surface area (Å²) in [7, 11) is 4.68. The first-order valence-corrected chi connectivity index (χ1v) is 10.2. The van der Waals surface area contributed by atoms with Crippen LogP contribution in [0.25, 0.3) is 0 Å². The van der Waals surface area contributed by atoms with Crippen molar-refractivity contribution in [2.24, 2.45) is 0 Å². The monoisotopic (exact) mass is 449 g/mol. The summed E-state index contributed by atoms with van der Waals surface area (Å²) >= 11 is 0. The second-order valence-corrected chi connectivity index (χ2v) is 7.57. The highest BCUT2D eigenvalue weighted by Crippen LogP contribution is 2.40. The van der Waals surface area contributed by atoms with Gasteiger partial charge in [-0.2, -0.15) is 0 Å². The standard InChI is InChI=1S/C22H23N7O4/c1-29(2)21(30)18-15(5-4-6-17(18)32-3)28-22(31)33-20-19(26-14-9-23-12-24-10-14)25-11-16(27-20)13-7-8-13/h4-6,9-13H,7-8H2,1-3H3,(H,25,26)(H,28,31). The second kappa shape index (κ2) is 9.47. The van der Waals surface area contributed by atoms with E-state index in [2.05, 4.69) is 30.6 Å². The molecule has 4 rings (SSSR count). The summed E-state index contributed by atoms with van der Waals surface area (Å²) in [6.45, 7) is 0. The predicted molar refractivity (Wildman–Crippen MR) is 120 cm³/mol. The summed E-state index contributed by atoms with van der Waals surface area (Å²) in [5.74, 6) is 0.543. The Morgan fingerprint density at radius 3 is 2.55 bits per heavy atom. The number of amides is 2. The molecule has 1 aliphatic rings. The lowest BCUT2D eigenvalue weighted by atomic mass is 10.1. The van der Waals surface area contributed by atoms with Crippen LogP contribution in [0.1, 0.15) is 34.8 Å². The van der Waals surface area contributed by atoms with E-state index in [1.54, 1.807) is 50.9 Å². The predicted octanol–water partition coefficient (Wildman–Crippen LogP) is 3.21. The first-order valence-electron chi connectivity index (χ1n) is 10.2.